The van der Waals surface area contributed by atoms with Gasteiger partial charge in [0.1, 0.15) is 41.8 Å². The van der Waals surface area contributed by atoms with Gasteiger partial charge in [0.2, 0.25) is 0 Å². The van der Waals surface area contributed by atoms with Crippen LogP contribution >= 0.6 is 11.6 Å². The second-order valence-corrected chi connectivity index (χ2v) is 13.6. The van der Waals surface area contributed by atoms with E-state index in [-0.39, 0.29) is 17.3 Å². The molecule has 50 heavy (non-hydrogen) atoms. The third-order valence-corrected chi connectivity index (χ3v) is 9.13. The van der Waals surface area contributed by atoms with Crippen molar-refractivity contribution < 1.29 is 26.5 Å². The molecule has 0 saturated carbocycles. The molecule has 3 heterocycles. The van der Waals surface area contributed by atoms with Crippen molar-refractivity contribution in [3.05, 3.63) is 131 Å². The van der Waals surface area contributed by atoms with Gasteiger partial charge in [-0.3, -0.25) is 9.45 Å². The largest absolute Gasteiger partial charge is 0.487 e. The van der Waals surface area contributed by atoms with Crippen LogP contribution in [0.3, 0.4) is 0 Å². The van der Waals surface area contributed by atoms with Crippen molar-refractivity contribution in [2.24, 2.45) is 0 Å². The van der Waals surface area contributed by atoms with E-state index >= 15 is 0 Å². The predicted octanol–water partition coefficient (Wildman–Crippen LogP) is 7.65. The molecule has 0 atom stereocenters. The van der Waals surface area contributed by atoms with Gasteiger partial charge in [-0.2, -0.15) is 8.42 Å². The van der Waals surface area contributed by atoms with Crippen molar-refractivity contribution in [1.29, 1.82) is 0 Å². The second kappa shape index (κ2) is 15.8. The molecule has 10 nitrogen and oxygen atoms in total. The van der Waals surface area contributed by atoms with Gasteiger partial charge in [-0.1, -0.05) is 41.4 Å². The van der Waals surface area contributed by atoms with Crippen LogP contribution in [-0.4, -0.2) is 54.0 Å². The van der Waals surface area contributed by atoms with E-state index in [0.717, 1.165) is 77.5 Å². The number of rotatable bonds is 9. The lowest BCUT2D eigenvalue weighted by atomic mass is 10.1. The SMILES string of the molecule is Cc1ccc(S(=O)(=O)O)cc1.Fc1cccc(COc2ccc(Nc3ncnc4ccc(-c5ccc(CN6CCNCC6)o5)cc34)cc2Cl)c1. The third kappa shape index (κ3) is 9.23. The predicted molar refractivity (Wildman–Crippen MR) is 192 cm³/mol. The first-order valence-corrected chi connectivity index (χ1v) is 17.7. The number of piperazine rings is 1. The van der Waals surface area contributed by atoms with Gasteiger partial charge in [-0.05, 0) is 85.3 Å². The van der Waals surface area contributed by atoms with Crippen molar-refractivity contribution in [3.63, 3.8) is 0 Å². The lowest BCUT2D eigenvalue weighted by molar-refractivity contribution is 0.217. The van der Waals surface area contributed by atoms with Crippen LogP contribution in [0.1, 0.15) is 16.9 Å². The molecule has 1 aliphatic rings. The summed E-state index contributed by atoms with van der Waals surface area (Å²) in [4.78, 5) is 11.2. The smallest absolute Gasteiger partial charge is 0.294 e. The second-order valence-electron chi connectivity index (χ2n) is 11.7. The zero-order valence-corrected chi connectivity index (χ0v) is 28.7. The maximum atomic E-state index is 13.4. The number of fused-ring (bicyclic) bond motifs is 1. The molecule has 7 rings (SSSR count). The topological polar surface area (TPSA) is 130 Å². The average Bonchev–Trinajstić information content (AvgIpc) is 3.57. The first-order valence-electron chi connectivity index (χ1n) is 15.9. The Hall–Kier alpha value is -4.85. The van der Waals surface area contributed by atoms with Crippen molar-refractivity contribution in [1.82, 2.24) is 20.2 Å². The first-order chi connectivity index (χ1) is 24.1. The van der Waals surface area contributed by atoms with Gasteiger partial charge in [0.25, 0.3) is 10.1 Å². The van der Waals surface area contributed by atoms with Crippen molar-refractivity contribution in [2.45, 2.75) is 25.0 Å². The molecule has 1 aliphatic heterocycles. The minimum atomic E-state index is -4.02. The minimum absolute atomic E-state index is 0.0666. The fourth-order valence-corrected chi connectivity index (χ4v) is 6.06. The molecule has 4 aromatic carbocycles. The number of aryl methyl sites for hydroxylation is 1. The Balaban J connectivity index is 0.000000336. The summed E-state index contributed by atoms with van der Waals surface area (Å²) in [5.74, 6) is 2.61. The standard InChI is InChI=1S/C30H27ClFN5O2.C7H8O3S/c31-26-16-23(5-8-29(26)38-18-20-2-1-3-22(32)14-20)36-30-25-15-21(4-7-27(25)34-19-35-30)28-9-6-24(39-28)17-37-12-10-33-11-13-37;1-6-2-4-7(5-3-6)11(8,9)10/h1-9,14-16,19,33H,10-13,17-18H2,(H,34,35,36);2-5H,1H3,(H,8,9,10). The third-order valence-electron chi connectivity index (χ3n) is 7.97. The summed E-state index contributed by atoms with van der Waals surface area (Å²) < 4.78 is 55.0. The van der Waals surface area contributed by atoms with Gasteiger partial charge < -0.3 is 19.8 Å². The van der Waals surface area contributed by atoms with E-state index in [1.54, 1.807) is 36.4 Å². The number of hydrogen-bond donors (Lipinski definition) is 3. The Morgan fingerprint density at radius 1 is 0.980 bits per heavy atom. The molecule has 13 heteroatoms. The fourth-order valence-electron chi connectivity index (χ4n) is 5.35. The molecule has 1 saturated heterocycles. The highest BCUT2D eigenvalue weighted by atomic mass is 35.5. The van der Waals surface area contributed by atoms with Gasteiger partial charge >= 0.3 is 0 Å². The molecule has 0 amide bonds. The zero-order valence-electron chi connectivity index (χ0n) is 27.1. The summed E-state index contributed by atoms with van der Waals surface area (Å²) in [5.41, 5.74) is 4.19. The van der Waals surface area contributed by atoms with Crippen molar-refractivity contribution in [3.8, 4) is 17.1 Å². The van der Waals surface area contributed by atoms with Crippen LogP contribution in [0.4, 0.5) is 15.9 Å². The molecule has 0 spiro atoms. The van der Waals surface area contributed by atoms with E-state index in [1.165, 1.54) is 30.6 Å². The van der Waals surface area contributed by atoms with Gasteiger partial charge in [0.05, 0.1) is 22.0 Å². The van der Waals surface area contributed by atoms with Crippen LogP contribution < -0.4 is 15.4 Å². The number of hydrogen-bond acceptors (Lipinski definition) is 9. The van der Waals surface area contributed by atoms with E-state index in [4.69, 9.17) is 25.3 Å². The number of anilines is 2. The van der Waals surface area contributed by atoms with Crippen LogP contribution in [0.15, 0.2) is 113 Å². The highest BCUT2D eigenvalue weighted by Crippen LogP contribution is 2.33. The quantitative estimate of drug-likeness (QED) is 0.128. The molecule has 258 valence electrons. The Bertz CT molecular complexity index is 2190. The molecule has 0 bridgehead atoms. The van der Waals surface area contributed by atoms with Gasteiger partial charge in [-0.15, -0.1) is 0 Å². The summed E-state index contributed by atoms with van der Waals surface area (Å²) in [7, 11) is -4.02. The maximum absolute atomic E-state index is 13.4. The van der Waals surface area contributed by atoms with Crippen LogP contribution in [0.2, 0.25) is 5.02 Å². The lowest BCUT2D eigenvalue weighted by Gasteiger charge is -2.26. The monoisotopic (exact) mass is 715 g/mol. The lowest BCUT2D eigenvalue weighted by Crippen LogP contribution is -2.42. The number of furan rings is 1. The van der Waals surface area contributed by atoms with Crippen LogP contribution in [0, 0.1) is 12.7 Å². The van der Waals surface area contributed by atoms with E-state index in [1.807, 2.05) is 43.3 Å². The Kier molecular flexibility index (Phi) is 11.1. The van der Waals surface area contributed by atoms with Crippen LogP contribution in [-0.2, 0) is 23.3 Å². The summed E-state index contributed by atoms with van der Waals surface area (Å²) in [6.07, 6.45) is 1.53. The Morgan fingerprint density at radius 3 is 2.52 bits per heavy atom. The van der Waals surface area contributed by atoms with Crippen molar-refractivity contribution in [2.75, 3.05) is 31.5 Å². The number of nitrogens with one attached hydrogen (secondary N) is 2. The highest BCUT2D eigenvalue weighted by Gasteiger charge is 2.14. The molecule has 0 radical (unpaired) electrons. The number of nitrogens with zero attached hydrogens (tertiary/aromatic N) is 3. The van der Waals surface area contributed by atoms with Crippen LogP contribution in [0.5, 0.6) is 5.75 Å². The maximum Gasteiger partial charge on any atom is 0.294 e. The van der Waals surface area contributed by atoms with Crippen molar-refractivity contribution >= 4 is 44.1 Å². The fraction of sp³-hybridized carbons (Fsp3) is 0.189. The highest BCUT2D eigenvalue weighted by molar-refractivity contribution is 7.85. The Morgan fingerprint density at radius 2 is 1.78 bits per heavy atom. The summed E-state index contributed by atoms with van der Waals surface area (Å²) in [6.45, 7) is 6.90. The summed E-state index contributed by atoms with van der Waals surface area (Å²) in [6, 6.07) is 27.8. The molecule has 1 fully saturated rings. The number of halogens is 2. The summed E-state index contributed by atoms with van der Waals surface area (Å²) in [5, 5.41) is 8.02. The van der Waals surface area contributed by atoms with E-state index in [9.17, 15) is 12.8 Å². The Labute approximate surface area is 294 Å². The van der Waals surface area contributed by atoms with Crippen LogP contribution in [0.25, 0.3) is 22.2 Å². The molecule has 0 aliphatic carbocycles. The molecule has 0 unspecified atom stereocenters. The molecule has 3 N–H and O–H groups in total. The number of ether oxygens (including phenoxy) is 1. The van der Waals surface area contributed by atoms with Gasteiger partial charge in [0, 0.05) is 42.8 Å². The summed E-state index contributed by atoms with van der Waals surface area (Å²) >= 11 is 6.50. The molecule has 2 aromatic heterocycles. The van der Waals surface area contributed by atoms with E-state index in [2.05, 4.69) is 25.5 Å². The van der Waals surface area contributed by atoms with E-state index in [0.29, 0.717) is 16.6 Å². The molecular weight excluding hydrogens is 681 g/mol. The molecular formula is C37H35ClFN5O5S. The van der Waals surface area contributed by atoms with Gasteiger partial charge in [0.15, 0.2) is 0 Å². The normalized spacial score (nSPS) is 13.4. The first kappa shape index (κ1) is 35.0. The zero-order chi connectivity index (χ0) is 35.1. The number of aromatic nitrogens is 2. The molecule has 6 aromatic rings. The van der Waals surface area contributed by atoms with E-state index < -0.39 is 10.1 Å². The average molecular weight is 716 g/mol. The minimum Gasteiger partial charge on any atom is -0.487 e. The number of benzene rings is 4. The van der Waals surface area contributed by atoms with Gasteiger partial charge in [-0.25, -0.2) is 14.4 Å².